The molecule has 0 aliphatic heterocycles. The van der Waals surface area contributed by atoms with Gasteiger partial charge in [-0.25, -0.2) is 0 Å². The van der Waals surface area contributed by atoms with E-state index in [0.29, 0.717) is 5.19 Å². The van der Waals surface area contributed by atoms with E-state index in [4.69, 9.17) is 0 Å². The van der Waals surface area contributed by atoms with Crippen molar-refractivity contribution in [2.24, 2.45) is 0 Å². The van der Waals surface area contributed by atoms with E-state index in [-0.39, 0.29) is 6.04 Å². The summed E-state index contributed by atoms with van der Waals surface area (Å²) in [5, 5.41) is 2.61. The molecule has 0 spiro atoms. The lowest BCUT2D eigenvalue weighted by Gasteiger charge is -2.22. The van der Waals surface area contributed by atoms with Gasteiger partial charge >= 0.3 is 6.18 Å². The van der Waals surface area contributed by atoms with Crippen LogP contribution in [0.25, 0.3) is 10.8 Å². The van der Waals surface area contributed by atoms with Crippen LogP contribution in [0, 0.1) is 0 Å². The summed E-state index contributed by atoms with van der Waals surface area (Å²) in [7, 11) is -3.03. The van der Waals surface area contributed by atoms with Gasteiger partial charge in [-0.15, -0.1) is 0 Å². The number of rotatable bonds is 3. The third-order valence-corrected chi connectivity index (χ3v) is 6.05. The molecule has 0 amide bonds. The van der Waals surface area contributed by atoms with Crippen LogP contribution in [0.3, 0.4) is 0 Å². The van der Waals surface area contributed by atoms with Gasteiger partial charge in [-0.1, -0.05) is 42.5 Å². The molecule has 0 aromatic heterocycles. The van der Waals surface area contributed by atoms with E-state index < -0.39 is 20.9 Å². The summed E-state index contributed by atoms with van der Waals surface area (Å²) < 4.78 is 36.8. The van der Waals surface area contributed by atoms with Gasteiger partial charge in [-0.2, -0.15) is 13.2 Å². The van der Waals surface area contributed by atoms with Gasteiger partial charge in [0.2, 0.25) is 8.32 Å². The summed E-state index contributed by atoms with van der Waals surface area (Å²) >= 11 is 0. The molecule has 0 aliphatic rings. The Hall–Kier alpha value is -1.33. The summed E-state index contributed by atoms with van der Waals surface area (Å²) in [6.45, 7) is 1.56. The molecule has 0 fully saturated rings. The Morgan fingerprint density at radius 2 is 1.68 bits per heavy atom. The fourth-order valence-electron chi connectivity index (χ4n) is 2.05. The van der Waals surface area contributed by atoms with Gasteiger partial charge in [0.15, 0.2) is 0 Å². The number of alkyl halides is 3. The third-order valence-electron chi connectivity index (χ3n) is 3.27. The van der Waals surface area contributed by atoms with Crippen molar-refractivity contribution >= 4 is 24.3 Å². The Kier molecular flexibility index (Phi) is 3.69. The van der Waals surface area contributed by atoms with Crippen LogP contribution in [0.15, 0.2) is 42.5 Å². The van der Waals surface area contributed by atoms with Crippen molar-refractivity contribution in [2.75, 3.05) is 0 Å². The molecule has 5 heteroatoms. The Balaban J connectivity index is 2.27. The molecule has 0 bridgehead atoms. The maximum atomic E-state index is 12.3. The lowest BCUT2D eigenvalue weighted by atomic mass is 10.1. The fourth-order valence-corrected chi connectivity index (χ4v) is 4.02. The molecule has 1 N–H and O–H groups in total. The first-order valence-electron chi connectivity index (χ1n) is 6.06. The Morgan fingerprint density at radius 1 is 1.05 bits per heavy atom. The summed E-state index contributed by atoms with van der Waals surface area (Å²) in [6.07, 6.45) is -5.15. The maximum Gasteiger partial charge on any atom is 0.388 e. The van der Waals surface area contributed by atoms with Crippen molar-refractivity contribution in [3.8, 4) is 0 Å². The van der Waals surface area contributed by atoms with Gasteiger partial charge in [0.1, 0.15) is 0 Å². The van der Waals surface area contributed by atoms with Crippen molar-refractivity contribution in [1.82, 2.24) is 0 Å². The predicted molar refractivity (Wildman–Crippen MR) is 72.9 cm³/mol. The number of fused-ring (bicyclic) bond motifs is 1. The van der Waals surface area contributed by atoms with Crippen LogP contribution in [0.1, 0.15) is 6.42 Å². The van der Waals surface area contributed by atoms with Crippen molar-refractivity contribution in [2.45, 2.75) is 25.2 Å². The minimum atomic E-state index is -4.21. The summed E-state index contributed by atoms with van der Waals surface area (Å²) in [6, 6.07) is 12.8. The molecule has 2 rings (SSSR count). The zero-order valence-electron chi connectivity index (χ0n) is 10.5. The van der Waals surface area contributed by atoms with Gasteiger partial charge in [0.05, 0.1) is 0 Å². The molecule has 19 heavy (non-hydrogen) atoms. The second-order valence-corrected chi connectivity index (χ2v) is 8.58. The summed E-state index contributed by atoms with van der Waals surface area (Å²) in [5.74, 6) is 0. The zero-order chi connectivity index (χ0) is 14.1. The number of hydrogen-bond acceptors (Lipinski definition) is 1. The quantitative estimate of drug-likeness (QED) is 0.854. The van der Waals surface area contributed by atoms with Crippen molar-refractivity contribution in [3.05, 3.63) is 42.5 Å². The standard InChI is InChI=1S/C14H15F3OSi/c1-19(18,9-8-14(15,16)17)13-7-6-11-4-2-3-5-12(11)10-13/h2-7,10,18H,8-9H2,1H3. The van der Waals surface area contributed by atoms with Gasteiger partial charge in [-0.3, -0.25) is 0 Å². The summed E-state index contributed by atoms with van der Waals surface area (Å²) in [4.78, 5) is 10.3. The molecule has 2 aromatic rings. The number of benzene rings is 2. The molecule has 0 saturated heterocycles. The largest absolute Gasteiger partial charge is 0.428 e. The van der Waals surface area contributed by atoms with E-state index in [0.717, 1.165) is 10.8 Å². The molecule has 102 valence electrons. The number of hydrogen-bond donors (Lipinski definition) is 1. The van der Waals surface area contributed by atoms with Gasteiger partial charge in [-0.05, 0) is 28.6 Å². The maximum absolute atomic E-state index is 12.3. The van der Waals surface area contributed by atoms with E-state index in [1.165, 1.54) is 0 Å². The highest BCUT2D eigenvalue weighted by Crippen LogP contribution is 2.25. The van der Waals surface area contributed by atoms with Crippen LogP contribution in [0.5, 0.6) is 0 Å². The Bertz CT molecular complexity index is 578. The highest BCUT2D eigenvalue weighted by atomic mass is 28.4. The van der Waals surface area contributed by atoms with Crippen LogP contribution in [-0.4, -0.2) is 19.3 Å². The van der Waals surface area contributed by atoms with Gasteiger partial charge < -0.3 is 4.80 Å². The van der Waals surface area contributed by atoms with E-state index in [2.05, 4.69) is 0 Å². The second-order valence-electron chi connectivity index (χ2n) is 4.95. The molecular formula is C14H15F3OSi. The first kappa shape index (κ1) is 14.1. The average Bonchev–Trinajstić information content (AvgIpc) is 2.35. The molecular weight excluding hydrogens is 269 g/mol. The number of halogens is 3. The van der Waals surface area contributed by atoms with E-state index >= 15 is 0 Å². The van der Waals surface area contributed by atoms with Crippen molar-refractivity contribution < 1.29 is 18.0 Å². The molecule has 0 saturated carbocycles. The molecule has 0 radical (unpaired) electrons. The molecule has 2 aromatic carbocycles. The molecule has 0 aliphatic carbocycles. The van der Waals surface area contributed by atoms with Gasteiger partial charge in [0, 0.05) is 6.42 Å². The molecule has 1 atom stereocenters. The monoisotopic (exact) mass is 284 g/mol. The molecule has 1 nitrogen and oxygen atoms in total. The lowest BCUT2D eigenvalue weighted by Crippen LogP contribution is -2.45. The third kappa shape index (κ3) is 3.58. The minimum Gasteiger partial charge on any atom is -0.428 e. The van der Waals surface area contributed by atoms with E-state index in [9.17, 15) is 18.0 Å². The van der Waals surface area contributed by atoms with Crippen LogP contribution < -0.4 is 5.19 Å². The van der Waals surface area contributed by atoms with Crippen molar-refractivity contribution in [1.29, 1.82) is 0 Å². The smallest absolute Gasteiger partial charge is 0.388 e. The Labute approximate surface area is 110 Å². The highest BCUT2D eigenvalue weighted by molar-refractivity contribution is 6.84. The van der Waals surface area contributed by atoms with Crippen LogP contribution in [0.2, 0.25) is 12.6 Å². The molecule has 0 heterocycles. The normalized spacial score (nSPS) is 15.4. The van der Waals surface area contributed by atoms with Gasteiger partial charge in [0.25, 0.3) is 0 Å². The van der Waals surface area contributed by atoms with E-state index in [1.54, 1.807) is 18.7 Å². The van der Waals surface area contributed by atoms with Crippen molar-refractivity contribution in [3.63, 3.8) is 0 Å². The molecule has 1 unspecified atom stereocenters. The first-order chi connectivity index (χ1) is 8.78. The van der Waals surface area contributed by atoms with Crippen LogP contribution >= 0.6 is 0 Å². The average molecular weight is 284 g/mol. The predicted octanol–water partition coefficient (Wildman–Crippen LogP) is 3.57. The minimum absolute atomic E-state index is 0.200. The lowest BCUT2D eigenvalue weighted by molar-refractivity contribution is -0.131. The Morgan fingerprint density at radius 3 is 2.32 bits per heavy atom. The SMILES string of the molecule is C[Si](O)(CCC(F)(F)F)c1ccc2ccccc2c1. The summed E-state index contributed by atoms with van der Waals surface area (Å²) in [5.41, 5.74) is 0. The van der Waals surface area contributed by atoms with E-state index in [1.807, 2.05) is 30.3 Å². The second kappa shape index (κ2) is 4.98. The highest BCUT2D eigenvalue weighted by Gasteiger charge is 2.35. The fraction of sp³-hybridized carbons (Fsp3) is 0.286. The van der Waals surface area contributed by atoms with Crippen LogP contribution in [-0.2, 0) is 0 Å². The zero-order valence-corrected chi connectivity index (χ0v) is 11.5. The first-order valence-corrected chi connectivity index (χ1v) is 8.72. The topological polar surface area (TPSA) is 20.2 Å². The van der Waals surface area contributed by atoms with Crippen LogP contribution in [0.4, 0.5) is 13.2 Å².